The summed E-state index contributed by atoms with van der Waals surface area (Å²) >= 11 is 2.32. The first-order chi connectivity index (χ1) is 10.0. The van der Waals surface area contributed by atoms with Crippen molar-refractivity contribution in [3.05, 3.63) is 32.8 Å². The number of carbonyl (C=O) groups is 2. The zero-order valence-corrected chi connectivity index (χ0v) is 12.5. The van der Waals surface area contributed by atoms with E-state index in [0.29, 0.717) is 10.6 Å². The van der Waals surface area contributed by atoms with Gasteiger partial charge in [0.1, 0.15) is 16.8 Å². The van der Waals surface area contributed by atoms with Gasteiger partial charge in [0.15, 0.2) is 11.5 Å². The summed E-state index contributed by atoms with van der Waals surface area (Å²) in [6, 6.07) is 5.14. The van der Waals surface area contributed by atoms with Crippen molar-refractivity contribution in [2.75, 3.05) is 11.9 Å². The minimum absolute atomic E-state index is 0.0640. The fraction of sp³-hybridized carbons (Fsp3) is 0.154. The number of aromatic carboxylic acids is 1. The van der Waals surface area contributed by atoms with Gasteiger partial charge in [0.25, 0.3) is 5.91 Å². The zero-order chi connectivity index (χ0) is 15.4. The molecule has 2 N–H and O–H groups in total. The predicted molar refractivity (Wildman–Crippen MR) is 79.2 cm³/mol. The third-order valence-corrected chi connectivity index (χ3v) is 4.26. The maximum atomic E-state index is 11.8. The molecule has 2 aromatic rings. The van der Waals surface area contributed by atoms with Crippen LogP contribution >= 0.6 is 22.7 Å². The second-order valence-electron chi connectivity index (χ2n) is 3.97. The van der Waals surface area contributed by atoms with Gasteiger partial charge in [-0.25, -0.2) is 4.79 Å². The van der Waals surface area contributed by atoms with Crippen molar-refractivity contribution in [3.63, 3.8) is 0 Å². The first-order valence-electron chi connectivity index (χ1n) is 5.75. The number of carboxylic acids is 1. The van der Waals surface area contributed by atoms with E-state index in [9.17, 15) is 9.59 Å². The summed E-state index contributed by atoms with van der Waals surface area (Å²) in [6.07, 6.45) is 0. The maximum Gasteiger partial charge on any atom is 0.349 e. The van der Waals surface area contributed by atoms with E-state index in [0.717, 1.165) is 16.2 Å². The van der Waals surface area contributed by atoms with Crippen LogP contribution in [0, 0.1) is 18.3 Å². The van der Waals surface area contributed by atoms with Gasteiger partial charge in [-0.1, -0.05) is 0 Å². The van der Waals surface area contributed by atoms with Crippen molar-refractivity contribution in [2.45, 2.75) is 6.92 Å². The van der Waals surface area contributed by atoms with Crippen LogP contribution in [-0.2, 0) is 4.79 Å². The normalized spacial score (nSPS) is 9.90. The first-order valence-corrected chi connectivity index (χ1v) is 7.45. The van der Waals surface area contributed by atoms with Crippen LogP contribution in [0.1, 0.15) is 20.1 Å². The van der Waals surface area contributed by atoms with Crippen LogP contribution in [0.25, 0.3) is 0 Å². The molecule has 1 amide bonds. The Balaban J connectivity index is 1.99. The molecule has 6 nitrogen and oxygen atoms in total. The van der Waals surface area contributed by atoms with Crippen LogP contribution in [0.15, 0.2) is 17.5 Å². The number of hydrogen-bond acceptors (Lipinski definition) is 6. The van der Waals surface area contributed by atoms with Crippen molar-refractivity contribution in [3.8, 4) is 11.8 Å². The fourth-order valence-electron chi connectivity index (χ4n) is 1.55. The molecule has 0 saturated heterocycles. The van der Waals surface area contributed by atoms with Crippen molar-refractivity contribution in [2.24, 2.45) is 0 Å². The van der Waals surface area contributed by atoms with E-state index in [-0.39, 0.29) is 17.2 Å². The molecule has 0 radical (unpaired) electrons. The van der Waals surface area contributed by atoms with Gasteiger partial charge in [-0.05, 0) is 24.4 Å². The van der Waals surface area contributed by atoms with Crippen molar-refractivity contribution in [1.29, 1.82) is 5.26 Å². The van der Waals surface area contributed by atoms with Crippen molar-refractivity contribution < 1.29 is 19.4 Å². The molecule has 8 heteroatoms. The summed E-state index contributed by atoms with van der Waals surface area (Å²) in [7, 11) is 0. The molecule has 2 heterocycles. The summed E-state index contributed by atoms with van der Waals surface area (Å²) in [5, 5.41) is 22.6. The Bertz CT molecular complexity index is 727. The molecule has 0 atom stereocenters. The Labute approximate surface area is 128 Å². The van der Waals surface area contributed by atoms with Crippen LogP contribution in [0.4, 0.5) is 5.00 Å². The largest absolute Gasteiger partial charge is 0.482 e. The average molecular weight is 322 g/mol. The summed E-state index contributed by atoms with van der Waals surface area (Å²) in [4.78, 5) is 23.6. The molecule has 0 aliphatic carbocycles. The molecule has 0 saturated carbocycles. The fourth-order valence-corrected chi connectivity index (χ4v) is 3.09. The lowest BCUT2D eigenvalue weighted by Crippen LogP contribution is -2.20. The molecule has 2 rings (SSSR count). The Morgan fingerprint density at radius 3 is 2.95 bits per heavy atom. The van der Waals surface area contributed by atoms with Crippen LogP contribution in [0.3, 0.4) is 0 Å². The summed E-state index contributed by atoms with van der Waals surface area (Å²) in [5.41, 5.74) is 0.381. The van der Waals surface area contributed by atoms with Gasteiger partial charge in [0.2, 0.25) is 0 Å². The Hall–Kier alpha value is -2.37. The van der Waals surface area contributed by atoms with Crippen LogP contribution in [0.5, 0.6) is 5.75 Å². The van der Waals surface area contributed by atoms with E-state index < -0.39 is 11.9 Å². The number of nitriles is 1. The van der Waals surface area contributed by atoms with Gasteiger partial charge in [0, 0.05) is 4.88 Å². The number of ether oxygens (including phenoxy) is 1. The topological polar surface area (TPSA) is 99.4 Å². The number of anilines is 1. The molecule has 0 bridgehead atoms. The molecule has 0 spiro atoms. The standard InChI is InChI=1S/C13H10N2O4S2/c1-7-4-9(11(21-7)13(17)18)19-6-10(16)15-12-8(5-14)2-3-20-12/h2-4H,6H2,1H3,(H,15,16)(H,17,18). The molecule has 0 aliphatic heterocycles. The van der Waals surface area contributed by atoms with Gasteiger partial charge in [-0.2, -0.15) is 5.26 Å². The van der Waals surface area contributed by atoms with Gasteiger partial charge in [-0.15, -0.1) is 22.7 Å². The van der Waals surface area contributed by atoms with E-state index in [1.54, 1.807) is 24.4 Å². The number of thiophene rings is 2. The highest BCUT2D eigenvalue weighted by molar-refractivity contribution is 7.14. The second kappa shape index (κ2) is 6.39. The van der Waals surface area contributed by atoms with Crippen LogP contribution in [0.2, 0.25) is 0 Å². The molecule has 0 aliphatic rings. The second-order valence-corrected chi connectivity index (χ2v) is 6.14. The van der Waals surface area contributed by atoms with E-state index in [1.165, 1.54) is 11.3 Å². The zero-order valence-electron chi connectivity index (χ0n) is 10.9. The number of carbonyl (C=O) groups excluding carboxylic acids is 1. The lowest BCUT2D eigenvalue weighted by atomic mass is 10.3. The van der Waals surface area contributed by atoms with Crippen molar-refractivity contribution >= 4 is 39.6 Å². The number of nitrogens with zero attached hydrogens (tertiary/aromatic N) is 1. The molecule has 2 aromatic heterocycles. The number of hydrogen-bond donors (Lipinski definition) is 2. The summed E-state index contributed by atoms with van der Waals surface area (Å²) in [5.74, 6) is -1.37. The minimum Gasteiger partial charge on any atom is -0.482 e. The predicted octanol–water partition coefficient (Wildman–Crippen LogP) is 2.71. The molecule has 0 unspecified atom stereocenters. The highest BCUT2D eigenvalue weighted by Gasteiger charge is 2.17. The van der Waals surface area contributed by atoms with E-state index in [1.807, 2.05) is 6.07 Å². The number of amides is 1. The van der Waals surface area contributed by atoms with Crippen molar-refractivity contribution in [1.82, 2.24) is 0 Å². The number of nitrogens with one attached hydrogen (secondary N) is 1. The van der Waals surface area contributed by atoms with E-state index in [2.05, 4.69) is 5.32 Å². The highest BCUT2D eigenvalue weighted by atomic mass is 32.1. The van der Waals surface area contributed by atoms with E-state index >= 15 is 0 Å². The van der Waals surface area contributed by atoms with Gasteiger partial charge in [-0.3, -0.25) is 4.79 Å². The first kappa shape index (κ1) is 15.0. The van der Waals surface area contributed by atoms with Gasteiger partial charge in [0.05, 0.1) is 5.56 Å². The molecule has 0 fully saturated rings. The maximum absolute atomic E-state index is 11.8. The number of rotatable bonds is 5. The molecule has 108 valence electrons. The third kappa shape index (κ3) is 3.59. The molecular weight excluding hydrogens is 312 g/mol. The summed E-state index contributed by atoms with van der Waals surface area (Å²) in [6.45, 7) is 1.44. The Kier molecular flexibility index (Phi) is 4.57. The Morgan fingerprint density at radius 1 is 1.52 bits per heavy atom. The molecule has 21 heavy (non-hydrogen) atoms. The summed E-state index contributed by atoms with van der Waals surface area (Å²) < 4.78 is 5.24. The number of aryl methyl sites for hydroxylation is 1. The highest BCUT2D eigenvalue weighted by Crippen LogP contribution is 2.29. The quantitative estimate of drug-likeness (QED) is 0.881. The Morgan fingerprint density at radius 2 is 2.29 bits per heavy atom. The smallest absolute Gasteiger partial charge is 0.349 e. The van der Waals surface area contributed by atoms with E-state index in [4.69, 9.17) is 15.1 Å². The monoisotopic (exact) mass is 322 g/mol. The molecular formula is C13H10N2O4S2. The van der Waals surface area contributed by atoms with Crippen LogP contribution < -0.4 is 10.1 Å². The SMILES string of the molecule is Cc1cc(OCC(=O)Nc2sccc2C#N)c(C(=O)O)s1. The average Bonchev–Trinajstić information content (AvgIpc) is 3.02. The lowest BCUT2D eigenvalue weighted by molar-refractivity contribution is -0.118. The molecule has 0 aromatic carbocycles. The van der Waals surface area contributed by atoms with Gasteiger partial charge >= 0.3 is 5.97 Å². The third-order valence-electron chi connectivity index (χ3n) is 2.41. The van der Waals surface area contributed by atoms with Gasteiger partial charge < -0.3 is 15.2 Å². The van der Waals surface area contributed by atoms with Crippen LogP contribution in [-0.4, -0.2) is 23.6 Å². The minimum atomic E-state index is -1.09. The lowest BCUT2D eigenvalue weighted by Gasteiger charge is -2.06. The number of carboxylic acid groups (broad SMARTS) is 1.